The topological polar surface area (TPSA) is 43.6 Å². The van der Waals surface area contributed by atoms with Gasteiger partial charge >= 0.3 is 0 Å². The average molecular weight is 610 g/mol. The summed E-state index contributed by atoms with van der Waals surface area (Å²) in [6.45, 7) is 2.15. The second-order valence-corrected chi connectivity index (χ2v) is 12.1. The van der Waals surface area contributed by atoms with Crippen LogP contribution in [0.5, 0.6) is 0 Å². The third-order valence-corrected chi connectivity index (χ3v) is 9.16. The van der Waals surface area contributed by atoms with Crippen molar-refractivity contribution < 1.29 is 0 Å². The zero-order chi connectivity index (χ0) is 25.6. The van der Waals surface area contributed by atoms with Crippen LogP contribution in [0.25, 0.3) is 27.6 Å². The molecule has 1 aliphatic carbocycles. The molecule has 1 fully saturated rings. The monoisotopic (exact) mass is 608 g/mol. The number of nitrogens with zero attached hydrogens (tertiary/aromatic N) is 4. The molecule has 1 saturated carbocycles. The van der Waals surface area contributed by atoms with Gasteiger partial charge in [-0.15, -0.1) is 10.2 Å². The van der Waals surface area contributed by atoms with Crippen molar-refractivity contribution in [2.24, 2.45) is 0 Å². The maximum absolute atomic E-state index is 6.67. The molecule has 0 saturated heterocycles. The molecular weight excluding hydrogens is 587 g/mol. The molecule has 4 nitrogen and oxygen atoms in total. The highest BCUT2D eigenvalue weighted by atomic mass is 79.9. The number of hydrogen-bond acceptors (Lipinski definition) is 4. The fourth-order valence-corrected chi connectivity index (χ4v) is 6.68. The largest absolute Gasteiger partial charge is 0.231 e. The SMILES string of the molecule is CCc1c(-c2nnc(C3(Cc4ccccc4)CC3)s2)nn(-c2ccc(Cl)cc2Cl)c1-c1ccc(Br)cc1. The number of hydrogen-bond donors (Lipinski definition) is 0. The van der Waals surface area contributed by atoms with E-state index in [0.717, 1.165) is 68.4 Å². The lowest BCUT2D eigenvalue weighted by molar-refractivity contribution is 0.670. The van der Waals surface area contributed by atoms with Crippen molar-refractivity contribution in [3.63, 3.8) is 0 Å². The van der Waals surface area contributed by atoms with Gasteiger partial charge in [0.1, 0.15) is 10.7 Å². The quantitative estimate of drug-likeness (QED) is 0.185. The zero-order valence-electron chi connectivity index (χ0n) is 20.1. The summed E-state index contributed by atoms with van der Waals surface area (Å²) in [5.74, 6) is 0. The predicted octanol–water partition coefficient (Wildman–Crippen LogP) is 8.96. The van der Waals surface area contributed by atoms with Crippen molar-refractivity contribution in [2.75, 3.05) is 0 Å². The molecule has 5 aromatic rings. The number of aromatic nitrogens is 4. The van der Waals surface area contributed by atoms with Crippen molar-refractivity contribution >= 4 is 50.5 Å². The van der Waals surface area contributed by atoms with E-state index < -0.39 is 0 Å². The van der Waals surface area contributed by atoms with Crippen LogP contribution < -0.4 is 0 Å². The minimum Gasteiger partial charge on any atom is -0.231 e. The Labute approximate surface area is 238 Å². The number of benzene rings is 3. The summed E-state index contributed by atoms with van der Waals surface area (Å²) in [5.41, 5.74) is 6.21. The van der Waals surface area contributed by atoms with Crippen molar-refractivity contribution in [1.82, 2.24) is 20.0 Å². The maximum Gasteiger partial charge on any atom is 0.168 e. The molecule has 0 atom stereocenters. The van der Waals surface area contributed by atoms with E-state index in [2.05, 4.69) is 70.4 Å². The standard InChI is InChI=1S/C29H23BrCl2N4S/c1-2-22-25(27-33-34-28(37-27)29(14-15-29)17-18-6-4-3-5-7-18)35-36(24-13-12-21(31)16-23(24)32)26(22)19-8-10-20(30)11-9-19/h3-13,16H,2,14-15,17H2,1H3. The highest BCUT2D eigenvalue weighted by molar-refractivity contribution is 9.10. The molecule has 2 aromatic heterocycles. The van der Waals surface area contributed by atoms with Gasteiger partial charge < -0.3 is 0 Å². The zero-order valence-corrected chi connectivity index (χ0v) is 24.0. The maximum atomic E-state index is 6.67. The Morgan fingerprint density at radius 3 is 2.41 bits per heavy atom. The van der Waals surface area contributed by atoms with E-state index in [9.17, 15) is 0 Å². The summed E-state index contributed by atoms with van der Waals surface area (Å²) in [7, 11) is 0. The highest BCUT2D eigenvalue weighted by Crippen LogP contribution is 2.52. The lowest BCUT2D eigenvalue weighted by Gasteiger charge is -2.11. The first-order chi connectivity index (χ1) is 18.0. The molecule has 0 bridgehead atoms. The predicted molar refractivity (Wildman–Crippen MR) is 156 cm³/mol. The number of rotatable bonds is 7. The molecule has 0 N–H and O–H groups in total. The second kappa shape index (κ2) is 9.99. The van der Waals surface area contributed by atoms with Crippen LogP contribution in [0.1, 0.15) is 35.9 Å². The molecule has 8 heteroatoms. The minimum atomic E-state index is 0.0836. The molecule has 0 unspecified atom stereocenters. The Hall–Kier alpha value is -2.51. The van der Waals surface area contributed by atoms with Crippen molar-refractivity contribution in [3.05, 3.63) is 103 Å². The molecule has 1 aliphatic rings. The van der Waals surface area contributed by atoms with Crippen LogP contribution in [0.4, 0.5) is 0 Å². The van der Waals surface area contributed by atoms with E-state index in [1.165, 1.54) is 5.56 Å². The van der Waals surface area contributed by atoms with Gasteiger partial charge in [0.15, 0.2) is 5.01 Å². The van der Waals surface area contributed by atoms with E-state index in [4.69, 9.17) is 33.4 Å². The van der Waals surface area contributed by atoms with Gasteiger partial charge in [0.25, 0.3) is 0 Å². The van der Waals surface area contributed by atoms with E-state index in [0.29, 0.717) is 10.0 Å². The van der Waals surface area contributed by atoms with Crippen LogP contribution in [0, 0.1) is 0 Å². The smallest absolute Gasteiger partial charge is 0.168 e. The van der Waals surface area contributed by atoms with Gasteiger partial charge in [-0.1, -0.05) is 99.9 Å². The van der Waals surface area contributed by atoms with Crippen molar-refractivity contribution in [2.45, 2.75) is 38.0 Å². The van der Waals surface area contributed by atoms with Gasteiger partial charge in [-0.3, -0.25) is 0 Å². The molecule has 2 heterocycles. The molecule has 6 rings (SSSR count). The van der Waals surface area contributed by atoms with Crippen molar-refractivity contribution in [1.29, 1.82) is 0 Å². The first-order valence-electron chi connectivity index (χ1n) is 12.2. The summed E-state index contributed by atoms with van der Waals surface area (Å²) in [6.07, 6.45) is 4.05. The summed E-state index contributed by atoms with van der Waals surface area (Å²) in [6, 6.07) is 24.4. The van der Waals surface area contributed by atoms with Crippen LogP contribution in [0.3, 0.4) is 0 Å². The molecule has 0 radical (unpaired) electrons. The third kappa shape index (κ3) is 4.76. The lowest BCUT2D eigenvalue weighted by atomic mass is 9.97. The van der Waals surface area contributed by atoms with Gasteiger partial charge in [0.05, 0.1) is 16.4 Å². The van der Waals surface area contributed by atoms with Gasteiger partial charge in [-0.05, 0) is 61.6 Å². The summed E-state index contributed by atoms with van der Waals surface area (Å²) >= 11 is 18.1. The minimum absolute atomic E-state index is 0.0836. The van der Waals surface area contributed by atoms with Gasteiger partial charge in [-0.25, -0.2) is 4.68 Å². The summed E-state index contributed by atoms with van der Waals surface area (Å²) < 4.78 is 2.94. The molecule has 0 aliphatic heterocycles. The molecule has 0 amide bonds. The lowest BCUT2D eigenvalue weighted by Crippen LogP contribution is -2.10. The van der Waals surface area contributed by atoms with Crippen molar-refractivity contribution in [3.8, 4) is 27.6 Å². The van der Waals surface area contributed by atoms with E-state index in [1.54, 1.807) is 17.4 Å². The van der Waals surface area contributed by atoms with E-state index >= 15 is 0 Å². The molecule has 3 aromatic carbocycles. The first-order valence-corrected chi connectivity index (χ1v) is 14.6. The molecule has 186 valence electrons. The van der Waals surface area contributed by atoms with Crippen LogP contribution in [-0.4, -0.2) is 20.0 Å². The highest BCUT2D eigenvalue weighted by Gasteiger charge is 2.47. The fraction of sp³-hybridized carbons (Fsp3) is 0.207. The van der Waals surface area contributed by atoms with Crippen LogP contribution >= 0.6 is 50.5 Å². The fourth-order valence-electron chi connectivity index (χ4n) is 4.83. The first kappa shape index (κ1) is 24.8. The second-order valence-electron chi connectivity index (χ2n) is 9.40. The van der Waals surface area contributed by atoms with Gasteiger partial charge in [0.2, 0.25) is 0 Å². The summed E-state index contributed by atoms with van der Waals surface area (Å²) in [5, 5.41) is 17.5. The Balaban J connectivity index is 1.47. The van der Waals surface area contributed by atoms with Gasteiger partial charge in [-0.2, -0.15) is 5.10 Å². The average Bonchev–Trinajstić information content (AvgIpc) is 3.33. The van der Waals surface area contributed by atoms with Gasteiger partial charge in [0, 0.05) is 26.0 Å². The number of halogens is 3. The Morgan fingerprint density at radius 1 is 0.973 bits per heavy atom. The normalized spacial score (nSPS) is 14.2. The summed E-state index contributed by atoms with van der Waals surface area (Å²) in [4.78, 5) is 0. The van der Waals surface area contributed by atoms with E-state index in [1.807, 2.05) is 28.9 Å². The molecular formula is C29H23BrCl2N4S. The Morgan fingerprint density at radius 2 is 1.73 bits per heavy atom. The van der Waals surface area contributed by atoms with E-state index in [-0.39, 0.29) is 5.41 Å². The van der Waals surface area contributed by atoms with Crippen LogP contribution in [0.2, 0.25) is 10.0 Å². The molecule has 0 spiro atoms. The van der Waals surface area contributed by atoms with Crippen LogP contribution in [-0.2, 0) is 18.3 Å². The Bertz CT molecular complexity index is 1570. The van der Waals surface area contributed by atoms with Crippen LogP contribution in [0.15, 0.2) is 77.3 Å². The molecule has 37 heavy (non-hydrogen) atoms. The third-order valence-electron chi connectivity index (χ3n) is 6.91. The Kier molecular flexibility index (Phi) is 6.70.